The molecule has 0 heterocycles. The molecule has 1 aliphatic rings. The number of Topliss-reactive ketones (excluding diaryl/α,β-unsaturated/α-hetero) is 2. The molecule has 0 saturated carbocycles. The smallest absolute Gasteiger partial charge is 0.309 e. The molecule has 1 aliphatic carbocycles. The van der Waals surface area contributed by atoms with Gasteiger partial charge in [-0.05, 0) is 34.6 Å². The Balaban J connectivity index is 3.57. The van der Waals surface area contributed by atoms with Crippen LogP contribution < -0.4 is 0 Å². The molecule has 0 aromatic rings. The lowest BCUT2D eigenvalue weighted by Crippen LogP contribution is -2.44. The molecule has 110 valence electrons. The standard InChI is InChI=1S/C16H22O4/c1-8-9(2)13(18)11(10(3)12(8)17)15(4,5)16(6,7)14(19)20/h1-7H3,(H,19,20). The van der Waals surface area contributed by atoms with E-state index in [1.54, 1.807) is 48.5 Å². The first kappa shape index (κ1) is 16.3. The van der Waals surface area contributed by atoms with Gasteiger partial charge in [-0.15, -0.1) is 0 Å². The van der Waals surface area contributed by atoms with E-state index in [4.69, 9.17) is 0 Å². The number of hydrogen-bond acceptors (Lipinski definition) is 3. The van der Waals surface area contributed by atoms with Crippen LogP contribution in [-0.2, 0) is 14.4 Å². The second-order valence-electron chi connectivity index (χ2n) is 6.46. The number of carbonyl (C=O) groups excluding carboxylic acids is 2. The van der Waals surface area contributed by atoms with Gasteiger partial charge >= 0.3 is 5.97 Å². The summed E-state index contributed by atoms with van der Waals surface area (Å²) < 4.78 is 0. The van der Waals surface area contributed by atoms with Crippen molar-refractivity contribution in [2.75, 3.05) is 0 Å². The fraction of sp³-hybridized carbons (Fsp3) is 0.562. The van der Waals surface area contributed by atoms with Crippen molar-refractivity contribution in [3.63, 3.8) is 0 Å². The molecular weight excluding hydrogens is 256 g/mol. The summed E-state index contributed by atoms with van der Waals surface area (Å²) in [5.74, 6) is -1.39. The molecular formula is C16H22O4. The third-order valence-corrected chi connectivity index (χ3v) is 4.91. The zero-order valence-corrected chi connectivity index (χ0v) is 13.2. The number of carboxylic acids is 1. The van der Waals surface area contributed by atoms with Crippen LogP contribution in [0.4, 0.5) is 0 Å². The summed E-state index contributed by atoms with van der Waals surface area (Å²) in [6.45, 7) is 11.4. The van der Waals surface area contributed by atoms with Gasteiger partial charge in [0.05, 0.1) is 5.41 Å². The minimum absolute atomic E-state index is 0.175. The SMILES string of the molecule is CC1=C(C)C(=O)C(C(C)(C)C(C)(C)C(=O)O)=C(C)C1=O. The number of hydrogen-bond donors (Lipinski definition) is 1. The number of allylic oxidation sites excluding steroid dienone is 4. The summed E-state index contributed by atoms with van der Waals surface area (Å²) in [5, 5.41) is 9.43. The molecule has 0 bridgehead atoms. The quantitative estimate of drug-likeness (QED) is 0.806. The second-order valence-corrected chi connectivity index (χ2v) is 6.46. The van der Waals surface area contributed by atoms with E-state index in [9.17, 15) is 19.5 Å². The molecule has 0 unspecified atom stereocenters. The van der Waals surface area contributed by atoms with Gasteiger partial charge in [0.25, 0.3) is 0 Å². The van der Waals surface area contributed by atoms with Gasteiger partial charge in [-0.3, -0.25) is 14.4 Å². The first-order chi connectivity index (χ1) is 8.87. The highest BCUT2D eigenvalue weighted by Crippen LogP contribution is 2.48. The van der Waals surface area contributed by atoms with E-state index in [0.29, 0.717) is 22.3 Å². The predicted octanol–water partition coefficient (Wildman–Crippen LogP) is 2.93. The average molecular weight is 278 g/mol. The van der Waals surface area contributed by atoms with Crippen molar-refractivity contribution in [2.45, 2.75) is 48.5 Å². The van der Waals surface area contributed by atoms with Crippen molar-refractivity contribution in [1.82, 2.24) is 0 Å². The lowest BCUT2D eigenvalue weighted by molar-refractivity contribution is -0.152. The van der Waals surface area contributed by atoms with Crippen molar-refractivity contribution in [2.24, 2.45) is 10.8 Å². The van der Waals surface area contributed by atoms with Crippen LogP contribution in [0.5, 0.6) is 0 Å². The highest BCUT2D eigenvalue weighted by molar-refractivity contribution is 6.25. The van der Waals surface area contributed by atoms with E-state index >= 15 is 0 Å². The lowest BCUT2D eigenvalue weighted by Gasteiger charge is -2.41. The van der Waals surface area contributed by atoms with Crippen LogP contribution in [0.2, 0.25) is 0 Å². The molecule has 0 radical (unpaired) electrons. The summed E-state index contributed by atoms with van der Waals surface area (Å²) in [6, 6.07) is 0. The normalized spacial score (nSPS) is 17.9. The molecule has 0 saturated heterocycles. The molecule has 0 aliphatic heterocycles. The molecule has 0 fully saturated rings. The number of ketones is 2. The Morgan fingerprint density at radius 1 is 0.850 bits per heavy atom. The molecule has 4 nitrogen and oxygen atoms in total. The molecule has 1 N–H and O–H groups in total. The van der Waals surface area contributed by atoms with E-state index in [2.05, 4.69) is 0 Å². The van der Waals surface area contributed by atoms with E-state index in [0.717, 1.165) is 0 Å². The van der Waals surface area contributed by atoms with Crippen LogP contribution >= 0.6 is 0 Å². The van der Waals surface area contributed by atoms with Gasteiger partial charge in [-0.2, -0.15) is 0 Å². The maximum atomic E-state index is 12.5. The second kappa shape index (κ2) is 4.69. The summed E-state index contributed by atoms with van der Waals surface area (Å²) in [4.78, 5) is 36.3. The maximum absolute atomic E-state index is 12.5. The Morgan fingerprint density at radius 2 is 1.25 bits per heavy atom. The van der Waals surface area contributed by atoms with Crippen LogP contribution in [0.25, 0.3) is 0 Å². The number of aliphatic carboxylic acids is 1. The number of carboxylic acid groups (broad SMARTS) is 1. The van der Waals surface area contributed by atoms with Crippen LogP contribution in [0.1, 0.15) is 48.5 Å². The van der Waals surface area contributed by atoms with Gasteiger partial charge in [0.2, 0.25) is 0 Å². The van der Waals surface area contributed by atoms with Crippen molar-refractivity contribution in [3.05, 3.63) is 22.3 Å². The number of rotatable bonds is 3. The van der Waals surface area contributed by atoms with Crippen LogP contribution in [0.3, 0.4) is 0 Å². The third-order valence-electron chi connectivity index (χ3n) is 4.91. The molecule has 4 heteroatoms. The molecule has 0 amide bonds. The zero-order chi connectivity index (χ0) is 16.0. The van der Waals surface area contributed by atoms with Crippen LogP contribution in [0.15, 0.2) is 22.3 Å². The van der Waals surface area contributed by atoms with Gasteiger partial charge in [0.1, 0.15) is 0 Å². The molecule has 0 aromatic carbocycles. The van der Waals surface area contributed by atoms with Gasteiger partial charge in [0.15, 0.2) is 11.6 Å². The summed E-state index contributed by atoms with van der Waals surface area (Å²) >= 11 is 0. The van der Waals surface area contributed by atoms with Gasteiger partial charge in [-0.1, -0.05) is 13.8 Å². The van der Waals surface area contributed by atoms with Crippen molar-refractivity contribution in [1.29, 1.82) is 0 Å². The van der Waals surface area contributed by atoms with E-state index in [-0.39, 0.29) is 11.6 Å². The largest absolute Gasteiger partial charge is 0.481 e. The maximum Gasteiger partial charge on any atom is 0.309 e. The minimum atomic E-state index is -1.16. The molecule has 1 rings (SSSR count). The fourth-order valence-corrected chi connectivity index (χ4v) is 2.43. The van der Waals surface area contributed by atoms with Crippen LogP contribution in [0, 0.1) is 10.8 Å². The zero-order valence-electron chi connectivity index (χ0n) is 13.2. The van der Waals surface area contributed by atoms with Crippen LogP contribution in [-0.4, -0.2) is 22.6 Å². The molecule has 20 heavy (non-hydrogen) atoms. The fourth-order valence-electron chi connectivity index (χ4n) is 2.43. The topological polar surface area (TPSA) is 71.4 Å². The van der Waals surface area contributed by atoms with E-state index in [1.807, 2.05) is 0 Å². The summed E-state index contributed by atoms with van der Waals surface area (Å²) in [5.41, 5.74) is -0.580. The van der Waals surface area contributed by atoms with E-state index in [1.165, 1.54) is 0 Å². The first-order valence-electron chi connectivity index (χ1n) is 6.59. The first-order valence-corrected chi connectivity index (χ1v) is 6.59. The molecule has 0 atom stereocenters. The average Bonchev–Trinajstić information content (AvgIpc) is 2.33. The van der Waals surface area contributed by atoms with Gasteiger partial charge in [-0.25, -0.2) is 0 Å². The van der Waals surface area contributed by atoms with Gasteiger partial charge in [0, 0.05) is 27.7 Å². The van der Waals surface area contributed by atoms with E-state index < -0.39 is 16.8 Å². The Bertz CT molecular complexity index is 571. The molecule has 0 spiro atoms. The molecule has 0 aromatic heterocycles. The monoisotopic (exact) mass is 278 g/mol. The Hall–Kier alpha value is -1.71. The summed E-state index contributed by atoms with van der Waals surface area (Å²) in [6.07, 6.45) is 0. The lowest BCUT2D eigenvalue weighted by atomic mass is 9.60. The highest BCUT2D eigenvalue weighted by Gasteiger charge is 2.50. The number of carbonyl (C=O) groups is 3. The Morgan fingerprint density at radius 3 is 1.65 bits per heavy atom. The Kier molecular flexibility index (Phi) is 3.83. The summed E-state index contributed by atoms with van der Waals surface area (Å²) in [7, 11) is 0. The van der Waals surface area contributed by atoms with Gasteiger partial charge < -0.3 is 5.11 Å². The predicted molar refractivity (Wildman–Crippen MR) is 76.3 cm³/mol. The minimum Gasteiger partial charge on any atom is -0.481 e. The van der Waals surface area contributed by atoms with Crippen molar-refractivity contribution < 1.29 is 19.5 Å². The Labute approximate surface area is 119 Å². The van der Waals surface area contributed by atoms with Crippen molar-refractivity contribution >= 4 is 17.5 Å². The highest BCUT2D eigenvalue weighted by atomic mass is 16.4. The van der Waals surface area contributed by atoms with Crippen molar-refractivity contribution in [3.8, 4) is 0 Å². The third kappa shape index (κ3) is 2.03.